The molecule has 0 radical (unpaired) electrons. The lowest BCUT2D eigenvalue weighted by atomic mass is 9.86. The number of amides is 2. The maximum atomic E-state index is 13.3. The van der Waals surface area contributed by atoms with Crippen LogP contribution in [0.3, 0.4) is 0 Å². The molecule has 1 fully saturated rings. The first-order chi connectivity index (χ1) is 18.5. The van der Waals surface area contributed by atoms with E-state index in [0.717, 1.165) is 36.8 Å². The highest BCUT2D eigenvalue weighted by molar-refractivity contribution is 5.99. The lowest BCUT2D eigenvalue weighted by Crippen LogP contribution is -2.20. The molecular weight excluding hydrogens is 476 g/mol. The van der Waals surface area contributed by atoms with Crippen molar-refractivity contribution in [2.75, 3.05) is 10.6 Å². The van der Waals surface area contributed by atoms with Crippen molar-refractivity contribution in [2.24, 2.45) is 5.92 Å². The highest BCUT2D eigenvalue weighted by atomic mass is 16.4. The van der Waals surface area contributed by atoms with E-state index < -0.39 is 5.63 Å². The Morgan fingerprint density at radius 3 is 2.24 bits per heavy atom. The Balaban J connectivity index is 1.39. The molecule has 1 aliphatic carbocycles. The number of hydrogen-bond acceptors (Lipinski definition) is 4. The minimum Gasteiger partial charge on any atom is -0.507 e. The SMILES string of the molecule is CCC(Cc1ccccc1)c1cc(O)c(C(c2cccc(NC(=O)Nc3ccccc3)c2)C2CC2)c(=O)o1. The summed E-state index contributed by atoms with van der Waals surface area (Å²) in [5.74, 6) is 0.382. The Labute approximate surface area is 222 Å². The van der Waals surface area contributed by atoms with Crippen molar-refractivity contribution in [2.45, 2.75) is 44.4 Å². The number of rotatable bonds is 9. The van der Waals surface area contributed by atoms with Gasteiger partial charge in [-0.15, -0.1) is 0 Å². The Kier molecular flexibility index (Phi) is 7.59. The van der Waals surface area contributed by atoms with Gasteiger partial charge in [0.25, 0.3) is 0 Å². The molecule has 0 bridgehead atoms. The zero-order chi connectivity index (χ0) is 26.5. The number of benzene rings is 3. The molecule has 0 saturated heterocycles. The number of hydrogen-bond donors (Lipinski definition) is 3. The summed E-state index contributed by atoms with van der Waals surface area (Å²) >= 11 is 0. The monoisotopic (exact) mass is 508 g/mol. The zero-order valence-corrected chi connectivity index (χ0v) is 21.4. The largest absolute Gasteiger partial charge is 0.507 e. The average molecular weight is 509 g/mol. The van der Waals surface area contributed by atoms with E-state index in [1.54, 1.807) is 12.1 Å². The van der Waals surface area contributed by atoms with Gasteiger partial charge in [0, 0.05) is 29.3 Å². The van der Waals surface area contributed by atoms with Gasteiger partial charge in [0.15, 0.2) is 0 Å². The Bertz CT molecular complexity index is 1450. The lowest BCUT2D eigenvalue weighted by molar-refractivity contribution is 0.262. The topological polar surface area (TPSA) is 91.6 Å². The molecular formula is C32H32N2O4. The van der Waals surface area contributed by atoms with E-state index in [-0.39, 0.29) is 35.1 Å². The van der Waals surface area contributed by atoms with Crippen LogP contribution in [0, 0.1) is 5.92 Å². The van der Waals surface area contributed by atoms with Crippen LogP contribution in [0.15, 0.2) is 100 Å². The molecule has 6 heteroatoms. The predicted molar refractivity (Wildman–Crippen MR) is 150 cm³/mol. The summed E-state index contributed by atoms with van der Waals surface area (Å²) in [6.07, 6.45) is 3.43. The molecule has 3 N–H and O–H groups in total. The number of urea groups is 1. The Morgan fingerprint density at radius 2 is 1.58 bits per heavy atom. The first-order valence-corrected chi connectivity index (χ1v) is 13.2. The maximum absolute atomic E-state index is 13.3. The second-order valence-electron chi connectivity index (χ2n) is 9.92. The van der Waals surface area contributed by atoms with Gasteiger partial charge in [-0.05, 0) is 67.0 Å². The first-order valence-electron chi connectivity index (χ1n) is 13.2. The smallest absolute Gasteiger partial charge is 0.343 e. The maximum Gasteiger partial charge on any atom is 0.343 e. The number of aromatic hydroxyl groups is 1. The van der Waals surface area contributed by atoms with Crippen molar-refractivity contribution in [3.05, 3.63) is 124 Å². The van der Waals surface area contributed by atoms with Crippen LogP contribution in [0.25, 0.3) is 0 Å². The van der Waals surface area contributed by atoms with Gasteiger partial charge in [0.1, 0.15) is 11.5 Å². The van der Waals surface area contributed by atoms with Crippen molar-refractivity contribution < 1.29 is 14.3 Å². The van der Waals surface area contributed by atoms with E-state index in [0.29, 0.717) is 17.1 Å². The summed E-state index contributed by atoms with van der Waals surface area (Å²) in [7, 11) is 0. The van der Waals surface area contributed by atoms with Crippen LogP contribution in [-0.2, 0) is 6.42 Å². The second kappa shape index (κ2) is 11.4. The second-order valence-corrected chi connectivity index (χ2v) is 9.92. The predicted octanol–water partition coefficient (Wildman–Crippen LogP) is 7.27. The number of nitrogens with one attached hydrogen (secondary N) is 2. The highest BCUT2D eigenvalue weighted by Crippen LogP contribution is 2.48. The lowest BCUT2D eigenvalue weighted by Gasteiger charge is -2.20. The molecule has 1 aromatic heterocycles. The van der Waals surface area contributed by atoms with Crippen LogP contribution in [0.1, 0.15) is 60.5 Å². The molecule has 2 atom stereocenters. The first kappa shape index (κ1) is 25.3. The molecule has 0 aliphatic heterocycles. The molecule has 3 aromatic carbocycles. The van der Waals surface area contributed by atoms with Crippen LogP contribution < -0.4 is 16.3 Å². The number of anilines is 2. The molecule has 2 unspecified atom stereocenters. The van der Waals surface area contributed by atoms with Gasteiger partial charge >= 0.3 is 11.7 Å². The van der Waals surface area contributed by atoms with E-state index in [2.05, 4.69) is 29.7 Å². The van der Waals surface area contributed by atoms with Crippen LogP contribution in [0.4, 0.5) is 16.2 Å². The molecule has 2 amide bonds. The van der Waals surface area contributed by atoms with Crippen LogP contribution in [-0.4, -0.2) is 11.1 Å². The third kappa shape index (κ3) is 5.97. The fourth-order valence-corrected chi connectivity index (χ4v) is 5.07. The van der Waals surface area contributed by atoms with Crippen molar-refractivity contribution in [3.63, 3.8) is 0 Å². The Hall–Kier alpha value is -4.32. The molecule has 1 saturated carbocycles. The zero-order valence-electron chi connectivity index (χ0n) is 21.4. The van der Waals surface area contributed by atoms with E-state index in [9.17, 15) is 14.7 Å². The van der Waals surface area contributed by atoms with Crippen molar-refractivity contribution in [3.8, 4) is 5.75 Å². The third-order valence-electron chi connectivity index (χ3n) is 7.15. The van der Waals surface area contributed by atoms with Gasteiger partial charge in [-0.3, -0.25) is 0 Å². The van der Waals surface area contributed by atoms with Gasteiger partial charge in [0.2, 0.25) is 0 Å². The summed E-state index contributed by atoms with van der Waals surface area (Å²) in [5.41, 5.74) is 3.10. The molecule has 5 rings (SSSR count). The fraction of sp³-hybridized carbons (Fsp3) is 0.250. The van der Waals surface area contributed by atoms with Crippen molar-refractivity contribution >= 4 is 17.4 Å². The van der Waals surface area contributed by atoms with Gasteiger partial charge in [-0.1, -0.05) is 67.6 Å². The van der Waals surface area contributed by atoms with Crippen molar-refractivity contribution in [1.82, 2.24) is 0 Å². The van der Waals surface area contributed by atoms with E-state index in [1.165, 1.54) is 0 Å². The van der Waals surface area contributed by atoms with Gasteiger partial charge in [0.05, 0.1) is 5.56 Å². The fourth-order valence-electron chi connectivity index (χ4n) is 5.07. The van der Waals surface area contributed by atoms with Crippen molar-refractivity contribution in [1.29, 1.82) is 0 Å². The molecule has 194 valence electrons. The number of carbonyl (C=O) groups is 1. The molecule has 6 nitrogen and oxygen atoms in total. The average Bonchev–Trinajstić information content (AvgIpc) is 3.75. The summed E-state index contributed by atoms with van der Waals surface area (Å²) in [4.78, 5) is 25.9. The quantitative estimate of drug-likeness (QED) is 0.222. The number of carbonyl (C=O) groups excluding carboxylic acids is 1. The van der Waals surface area contributed by atoms with Crippen LogP contribution in [0.2, 0.25) is 0 Å². The van der Waals surface area contributed by atoms with Gasteiger partial charge in [-0.2, -0.15) is 0 Å². The molecule has 0 spiro atoms. The highest BCUT2D eigenvalue weighted by Gasteiger charge is 2.37. The van der Waals surface area contributed by atoms with Gasteiger partial charge in [-0.25, -0.2) is 9.59 Å². The van der Waals surface area contributed by atoms with E-state index in [4.69, 9.17) is 4.42 Å². The minimum atomic E-state index is -0.497. The van der Waals surface area contributed by atoms with E-state index in [1.807, 2.05) is 66.7 Å². The van der Waals surface area contributed by atoms with Gasteiger partial charge < -0.3 is 20.2 Å². The minimum absolute atomic E-state index is 0.0138. The van der Waals surface area contributed by atoms with Crippen LogP contribution in [0.5, 0.6) is 5.75 Å². The summed E-state index contributed by atoms with van der Waals surface area (Å²) in [5, 5.41) is 16.8. The number of para-hydroxylation sites is 1. The Morgan fingerprint density at radius 1 is 0.921 bits per heavy atom. The third-order valence-corrected chi connectivity index (χ3v) is 7.15. The van der Waals surface area contributed by atoms with Crippen LogP contribution >= 0.6 is 0 Å². The standard InChI is InChI=1S/C32H32N2O4/c1-2-22(18-21-10-5-3-6-11-21)28-20-27(35)30(31(36)38-28)29(23-16-17-23)24-12-9-15-26(19-24)34-32(37)33-25-13-7-4-8-14-25/h3-15,19-20,22-23,29,35H,2,16-18H2,1H3,(H2,33,34,37). The summed E-state index contributed by atoms with van der Waals surface area (Å²) < 4.78 is 5.86. The molecule has 1 heterocycles. The molecule has 38 heavy (non-hydrogen) atoms. The molecule has 4 aromatic rings. The normalized spacial score (nSPS) is 14.4. The summed E-state index contributed by atoms with van der Waals surface area (Å²) in [6.45, 7) is 2.05. The molecule has 1 aliphatic rings. The summed E-state index contributed by atoms with van der Waals surface area (Å²) in [6, 6.07) is 28.0. The van der Waals surface area contributed by atoms with E-state index >= 15 is 0 Å².